The number of anilines is 1. The molecule has 0 saturated carbocycles. The van der Waals surface area contributed by atoms with Gasteiger partial charge < -0.3 is 15.2 Å². The van der Waals surface area contributed by atoms with E-state index in [0.717, 1.165) is 48.7 Å². The van der Waals surface area contributed by atoms with Gasteiger partial charge in [-0.2, -0.15) is 0 Å². The summed E-state index contributed by atoms with van der Waals surface area (Å²) in [5.41, 5.74) is 2.75. The maximum absolute atomic E-state index is 12.0. The first kappa shape index (κ1) is 14.2. The highest BCUT2D eigenvalue weighted by Crippen LogP contribution is 2.28. The van der Waals surface area contributed by atoms with Gasteiger partial charge in [-0.15, -0.1) is 0 Å². The van der Waals surface area contributed by atoms with E-state index in [1.807, 2.05) is 18.2 Å². The number of H-pyrrole nitrogens is 1. The third-order valence-electron chi connectivity index (χ3n) is 4.55. The van der Waals surface area contributed by atoms with Gasteiger partial charge in [0.15, 0.2) is 0 Å². The van der Waals surface area contributed by atoms with Crippen LogP contribution in [-0.2, 0) is 9.59 Å². The lowest BCUT2D eigenvalue weighted by Crippen LogP contribution is -2.44. The number of fused-ring (bicyclic) bond motifs is 1. The number of rotatable bonds is 2. The van der Waals surface area contributed by atoms with E-state index in [0.29, 0.717) is 12.8 Å². The van der Waals surface area contributed by atoms with Crippen LogP contribution >= 0.6 is 0 Å². The molecule has 3 heterocycles. The molecule has 1 unspecified atom stereocenters. The van der Waals surface area contributed by atoms with Crippen molar-refractivity contribution in [2.45, 2.75) is 18.8 Å². The van der Waals surface area contributed by atoms with Crippen molar-refractivity contribution in [2.75, 3.05) is 31.1 Å². The van der Waals surface area contributed by atoms with Gasteiger partial charge in [0.05, 0.1) is 17.0 Å². The first-order valence-electron chi connectivity index (χ1n) is 8.00. The molecule has 1 aromatic heterocycles. The minimum atomic E-state index is -0.267. The van der Waals surface area contributed by atoms with Gasteiger partial charge in [-0.3, -0.25) is 14.9 Å². The first-order chi connectivity index (χ1) is 11.2. The molecule has 2 fully saturated rings. The molecule has 1 atom stereocenters. The van der Waals surface area contributed by atoms with Crippen molar-refractivity contribution < 1.29 is 9.59 Å². The molecule has 4 rings (SSSR count). The summed E-state index contributed by atoms with van der Waals surface area (Å²) in [5, 5.41) is 5.74. The van der Waals surface area contributed by atoms with Gasteiger partial charge in [0, 0.05) is 32.6 Å². The van der Waals surface area contributed by atoms with Crippen molar-refractivity contribution in [3.8, 4) is 0 Å². The Labute approximate surface area is 133 Å². The molecule has 7 heteroatoms. The van der Waals surface area contributed by atoms with Crippen LogP contribution in [0.1, 0.15) is 24.3 Å². The lowest BCUT2D eigenvalue weighted by Gasteiger charge is -2.26. The van der Waals surface area contributed by atoms with Crippen LogP contribution < -0.4 is 15.5 Å². The molecule has 2 amide bonds. The second-order valence-electron chi connectivity index (χ2n) is 6.08. The van der Waals surface area contributed by atoms with Gasteiger partial charge in [-0.05, 0) is 24.1 Å². The van der Waals surface area contributed by atoms with E-state index in [2.05, 4.69) is 25.5 Å². The molecule has 1 aromatic carbocycles. The number of carbonyl (C=O) groups excluding carboxylic acids is 2. The normalized spacial score (nSPS) is 22.4. The molecule has 3 N–H and O–H groups in total. The molecule has 0 bridgehead atoms. The van der Waals surface area contributed by atoms with Crippen LogP contribution in [-0.4, -0.2) is 48.0 Å². The SMILES string of the molecule is O=C1CCC(c2ccc3[nH]c(N4CCNCC4)nc3c2)C(=O)N1. The largest absolute Gasteiger partial charge is 0.340 e. The quantitative estimate of drug-likeness (QED) is 0.702. The highest BCUT2D eigenvalue weighted by molar-refractivity contribution is 6.01. The number of carbonyl (C=O) groups is 2. The predicted octanol–water partition coefficient (Wildman–Crippen LogP) is 0.493. The number of imide groups is 1. The van der Waals surface area contributed by atoms with Crippen molar-refractivity contribution in [3.05, 3.63) is 23.8 Å². The number of imidazole rings is 1. The molecule has 120 valence electrons. The Hall–Kier alpha value is -2.41. The average molecular weight is 313 g/mol. The van der Waals surface area contributed by atoms with Crippen molar-refractivity contribution in [1.29, 1.82) is 0 Å². The number of piperidine rings is 1. The van der Waals surface area contributed by atoms with E-state index in [-0.39, 0.29) is 17.7 Å². The zero-order valence-corrected chi connectivity index (χ0v) is 12.8. The van der Waals surface area contributed by atoms with E-state index in [1.54, 1.807) is 0 Å². The first-order valence-corrected chi connectivity index (χ1v) is 8.00. The van der Waals surface area contributed by atoms with E-state index < -0.39 is 0 Å². The molecule has 2 aliphatic heterocycles. The van der Waals surface area contributed by atoms with Crippen LogP contribution in [0.5, 0.6) is 0 Å². The highest BCUT2D eigenvalue weighted by Gasteiger charge is 2.28. The summed E-state index contributed by atoms with van der Waals surface area (Å²) in [6.45, 7) is 3.77. The number of benzene rings is 1. The molecular formula is C16H19N5O2. The number of amides is 2. The zero-order valence-electron chi connectivity index (χ0n) is 12.8. The summed E-state index contributed by atoms with van der Waals surface area (Å²) in [4.78, 5) is 33.5. The van der Waals surface area contributed by atoms with E-state index in [9.17, 15) is 9.59 Å². The Bertz CT molecular complexity index is 763. The van der Waals surface area contributed by atoms with E-state index in [1.165, 1.54) is 0 Å². The standard InChI is InChI=1S/C16H19N5O2/c22-14-4-2-11(15(23)20-14)10-1-3-12-13(9-10)19-16(18-12)21-7-5-17-6-8-21/h1,3,9,11,17H,2,4-8H2,(H,18,19)(H,20,22,23). The van der Waals surface area contributed by atoms with Crippen molar-refractivity contribution >= 4 is 28.8 Å². The summed E-state index contributed by atoms with van der Waals surface area (Å²) >= 11 is 0. The Morgan fingerprint density at radius 2 is 2.00 bits per heavy atom. The van der Waals surface area contributed by atoms with Crippen LogP contribution in [0, 0.1) is 0 Å². The molecule has 2 saturated heterocycles. The number of hydrogen-bond donors (Lipinski definition) is 3. The topological polar surface area (TPSA) is 90.1 Å². The zero-order chi connectivity index (χ0) is 15.8. The second kappa shape index (κ2) is 5.66. The Morgan fingerprint density at radius 3 is 2.78 bits per heavy atom. The van der Waals surface area contributed by atoms with Gasteiger partial charge in [-0.25, -0.2) is 4.98 Å². The van der Waals surface area contributed by atoms with Gasteiger partial charge in [0.1, 0.15) is 0 Å². The molecule has 2 aromatic rings. The third kappa shape index (κ3) is 2.68. The van der Waals surface area contributed by atoms with E-state index in [4.69, 9.17) is 0 Å². The fourth-order valence-corrected chi connectivity index (χ4v) is 3.26. The summed E-state index contributed by atoms with van der Waals surface area (Å²) in [6.07, 6.45) is 0.951. The van der Waals surface area contributed by atoms with Crippen molar-refractivity contribution in [1.82, 2.24) is 20.6 Å². The van der Waals surface area contributed by atoms with Crippen LogP contribution in [0.25, 0.3) is 11.0 Å². The smallest absolute Gasteiger partial charge is 0.234 e. The lowest BCUT2D eigenvalue weighted by molar-refractivity contribution is -0.134. The second-order valence-corrected chi connectivity index (χ2v) is 6.08. The van der Waals surface area contributed by atoms with Gasteiger partial charge >= 0.3 is 0 Å². The molecule has 0 radical (unpaired) electrons. The number of piperazine rings is 1. The summed E-state index contributed by atoms with van der Waals surface area (Å²) < 4.78 is 0. The van der Waals surface area contributed by atoms with Crippen LogP contribution in [0.15, 0.2) is 18.2 Å². The fourth-order valence-electron chi connectivity index (χ4n) is 3.26. The molecule has 0 aliphatic carbocycles. The third-order valence-corrected chi connectivity index (χ3v) is 4.55. The molecule has 0 spiro atoms. The molecule has 2 aliphatic rings. The monoisotopic (exact) mass is 313 g/mol. The van der Waals surface area contributed by atoms with Crippen LogP contribution in [0.3, 0.4) is 0 Å². The van der Waals surface area contributed by atoms with Crippen molar-refractivity contribution in [2.24, 2.45) is 0 Å². The fraction of sp³-hybridized carbons (Fsp3) is 0.438. The highest BCUT2D eigenvalue weighted by atomic mass is 16.2. The minimum absolute atomic E-state index is 0.187. The van der Waals surface area contributed by atoms with E-state index >= 15 is 0 Å². The number of nitrogens with zero attached hydrogens (tertiary/aromatic N) is 2. The van der Waals surface area contributed by atoms with Gasteiger partial charge in [-0.1, -0.05) is 6.07 Å². The predicted molar refractivity (Wildman–Crippen MR) is 86.3 cm³/mol. The Kier molecular flexibility index (Phi) is 3.49. The molecule has 23 heavy (non-hydrogen) atoms. The summed E-state index contributed by atoms with van der Waals surface area (Å²) in [7, 11) is 0. The number of aromatic amines is 1. The minimum Gasteiger partial charge on any atom is -0.340 e. The Balaban J connectivity index is 1.62. The Morgan fingerprint density at radius 1 is 1.17 bits per heavy atom. The maximum Gasteiger partial charge on any atom is 0.234 e. The number of aromatic nitrogens is 2. The number of nitrogens with one attached hydrogen (secondary N) is 3. The molecule has 7 nitrogen and oxygen atoms in total. The summed E-state index contributed by atoms with van der Waals surface area (Å²) in [6, 6.07) is 5.87. The van der Waals surface area contributed by atoms with Crippen molar-refractivity contribution in [3.63, 3.8) is 0 Å². The maximum atomic E-state index is 12.0. The molecular weight excluding hydrogens is 294 g/mol. The van der Waals surface area contributed by atoms with Crippen LogP contribution in [0.4, 0.5) is 5.95 Å². The van der Waals surface area contributed by atoms with Crippen LogP contribution in [0.2, 0.25) is 0 Å². The average Bonchev–Trinajstić information content (AvgIpc) is 2.99. The van der Waals surface area contributed by atoms with Gasteiger partial charge in [0.25, 0.3) is 0 Å². The lowest BCUT2D eigenvalue weighted by atomic mass is 9.90. The number of hydrogen-bond acceptors (Lipinski definition) is 5. The summed E-state index contributed by atoms with van der Waals surface area (Å²) in [5.74, 6) is 0.213. The van der Waals surface area contributed by atoms with Gasteiger partial charge in [0.2, 0.25) is 17.8 Å².